The van der Waals surface area contributed by atoms with E-state index in [-0.39, 0.29) is 5.56 Å². The van der Waals surface area contributed by atoms with Gasteiger partial charge in [0.2, 0.25) is 0 Å². The Morgan fingerprint density at radius 2 is 2.23 bits per heavy atom. The molecule has 0 saturated heterocycles. The van der Waals surface area contributed by atoms with Crippen LogP contribution in [0.4, 0.5) is 0 Å². The van der Waals surface area contributed by atoms with Crippen LogP contribution in [-0.2, 0) is 7.05 Å². The quantitative estimate of drug-likeness (QED) is 0.693. The van der Waals surface area contributed by atoms with E-state index in [2.05, 4.69) is 18.8 Å². The lowest BCUT2D eigenvalue weighted by Gasteiger charge is -2.14. The van der Waals surface area contributed by atoms with Crippen molar-refractivity contribution in [3.63, 3.8) is 0 Å². The molecule has 0 saturated carbocycles. The maximum atomic E-state index is 11.2. The van der Waals surface area contributed by atoms with Crippen LogP contribution in [0.25, 0.3) is 0 Å². The highest BCUT2D eigenvalue weighted by atomic mass is 16.1. The molecule has 13 heavy (non-hydrogen) atoms. The topological polar surface area (TPSA) is 34.9 Å². The smallest absolute Gasteiger partial charge is 0.273 e. The molecule has 1 atom stereocenters. The van der Waals surface area contributed by atoms with E-state index < -0.39 is 0 Å². The van der Waals surface area contributed by atoms with Crippen LogP contribution in [0, 0.1) is 6.92 Å². The molecule has 0 aromatic carbocycles. The summed E-state index contributed by atoms with van der Waals surface area (Å²) in [6, 6.07) is 1.56. The second kappa shape index (κ2) is 3.73. The number of rotatable bonds is 2. The number of hydrogen-bond acceptors (Lipinski definition) is 2. The standard InChI is InChI=1S/C10H16N2O/c1-5-7(2)10-11-9(13)6-8(3)12(10)4/h6-7H,5H2,1-4H3. The highest BCUT2D eigenvalue weighted by Gasteiger charge is 2.09. The van der Waals surface area contributed by atoms with Crippen LogP contribution < -0.4 is 5.56 Å². The number of aryl methyl sites for hydroxylation is 1. The van der Waals surface area contributed by atoms with Crippen LogP contribution in [0.2, 0.25) is 0 Å². The molecule has 3 heteroatoms. The van der Waals surface area contributed by atoms with Gasteiger partial charge in [0, 0.05) is 24.7 Å². The molecule has 0 aliphatic carbocycles. The Morgan fingerprint density at radius 1 is 1.62 bits per heavy atom. The van der Waals surface area contributed by atoms with E-state index in [1.54, 1.807) is 6.07 Å². The van der Waals surface area contributed by atoms with Gasteiger partial charge in [-0.25, -0.2) is 0 Å². The fourth-order valence-corrected chi connectivity index (χ4v) is 1.30. The molecule has 1 heterocycles. The predicted octanol–water partition coefficient (Wildman–Crippen LogP) is 1.60. The molecule has 1 aromatic rings. The maximum absolute atomic E-state index is 11.2. The summed E-state index contributed by atoms with van der Waals surface area (Å²) in [5.74, 6) is 1.23. The van der Waals surface area contributed by atoms with Gasteiger partial charge in [0.1, 0.15) is 5.82 Å². The summed E-state index contributed by atoms with van der Waals surface area (Å²) in [5, 5.41) is 0. The average Bonchev–Trinajstić information content (AvgIpc) is 2.10. The van der Waals surface area contributed by atoms with E-state index >= 15 is 0 Å². The largest absolute Gasteiger partial charge is 0.336 e. The summed E-state index contributed by atoms with van der Waals surface area (Å²) in [5.41, 5.74) is 0.834. The monoisotopic (exact) mass is 180 g/mol. The molecule has 0 spiro atoms. The first kappa shape index (κ1) is 9.96. The van der Waals surface area contributed by atoms with Gasteiger partial charge in [-0.2, -0.15) is 4.98 Å². The van der Waals surface area contributed by atoms with Gasteiger partial charge in [-0.05, 0) is 13.3 Å². The van der Waals surface area contributed by atoms with Gasteiger partial charge in [0.15, 0.2) is 0 Å². The first-order valence-electron chi connectivity index (χ1n) is 4.60. The third-order valence-corrected chi connectivity index (χ3v) is 2.48. The Morgan fingerprint density at radius 3 is 2.77 bits per heavy atom. The number of hydrogen-bond donors (Lipinski definition) is 0. The summed E-state index contributed by atoms with van der Waals surface area (Å²) in [6.45, 7) is 6.11. The maximum Gasteiger partial charge on any atom is 0.273 e. The third-order valence-electron chi connectivity index (χ3n) is 2.48. The molecule has 0 aliphatic heterocycles. The molecule has 0 aliphatic rings. The van der Waals surface area contributed by atoms with Gasteiger partial charge < -0.3 is 4.57 Å². The van der Waals surface area contributed by atoms with Crippen molar-refractivity contribution in [2.24, 2.45) is 7.05 Å². The minimum absolute atomic E-state index is 0.133. The Hall–Kier alpha value is -1.12. The van der Waals surface area contributed by atoms with Gasteiger partial charge in [0.05, 0.1) is 0 Å². The normalized spacial score (nSPS) is 12.9. The Kier molecular flexibility index (Phi) is 2.86. The van der Waals surface area contributed by atoms with Gasteiger partial charge >= 0.3 is 0 Å². The molecule has 1 rings (SSSR count). The molecular weight excluding hydrogens is 164 g/mol. The Balaban J connectivity index is 3.28. The van der Waals surface area contributed by atoms with E-state index in [0.717, 1.165) is 17.9 Å². The van der Waals surface area contributed by atoms with E-state index in [1.165, 1.54) is 0 Å². The fraction of sp³-hybridized carbons (Fsp3) is 0.600. The first-order chi connectivity index (χ1) is 6.06. The SMILES string of the molecule is CCC(C)c1nc(=O)cc(C)n1C. The fourth-order valence-electron chi connectivity index (χ4n) is 1.30. The van der Waals surface area contributed by atoms with Gasteiger partial charge in [-0.3, -0.25) is 4.79 Å². The van der Waals surface area contributed by atoms with Crippen molar-refractivity contribution in [3.8, 4) is 0 Å². The summed E-state index contributed by atoms with van der Waals surface area (Å²) in [7, 11) is 1.95. The van der Waals surface area contributed by atoms with Crippen molar-refractivity contribution in [2.45, 2.75) is 33.1 Å². The van der Waals surface area contributed by atoms with Crippen LogP contribution in [0.1, 0.15) is 37.7 Å². The number of nitrogens with zero attached hydrogens (tertiary/aromatic N) is 2. The van der Waals surface area contributed by atoms with Crippen LogP contribution in [0.15, 0.2) is 10.9 Å². The van der Waals surface area contributed by atoms with E-state index in [1.807, 2.05) is 18.5 Å². The summed E-state index contributed by atoms with van der Waals surface area (Å²) in [6.07, 6.45) is 1.00. The lowest BCUT2D eigenvalue weighted by atomic mass is 10.1. The highest BCUT2D eigenvalue weighted by Crippen LogP contribution is 2.14. The zero-order chi connectivity index (χ0) is 10.0. The highest BCUT2D eigenvalue weighted by molar-refractivity contribution is 5.06. The zero-order valence-corrected chi connectivity index (χ0v) is 8.66. The lowest BCUT2D eigenvalue weighted by Crippen LogP contribution is -2.19. The molecule has 0 fully saturated rings. The van der Waals surface area contributed by atoms with Crippen LogP contribution in [0.5, 0.6) is 0 Å². The lowest BCUT2D eigenvalue weighted by molar-refractivity contribution is 0.609. The van der Waals surface area contributed by atoms with Crippen molar-refractivity contribution >= 4 is 0 Å². The second-order valence-electron chi connectivity index (χ2n) is 3.46. The van der Waals surface area contributed by atoms with Gasteiger partial charge in [-0.1, -0.05) is 13.8 Å². The Bertz CT molecular complexity index is 354. The minimum Gasteiger partial charge on any atom is -0.336 e. The summed E-state index contributed by atoms with van der Waals surface area (Å²) < 4.78 is 1.98. The third kappa shape index (κ3) is 1.97. The zero-order valence-electron chi connectivity index (χ0n) is 8.66. The summed E-state index contributed by atoms with van der Waals surface area (Å²) in [4.78, 5) is 15.2. The summed E-state index contributed by atoms with van der Waals surface area (Å²) >= 11 is 0. The second-order valence-corrected chi connectivity index (χ2v) is 3.46. The predicted molar refractivity (Wildman–Crippen MR) is 52.9 cm³/mol. The molecule has 0 bridgehead atoms. The molecular formula is C10H16N2O. The molecule has 1 aromatic heterocycles. The Labute approximate surface area is 78.4 Å². The van der Waals surface area contributed by atoms with Crippen molar-refractivity contribution in [1.82, 2.24) is 9.55 Å². The molecule has 0 radical (unpaired) electrons. The molecule has 0 amide bonds. The van der Waals surface area contributed by atoms with Crippen molar-refractivity contribution in [1.29, 1.82) is 0 Å². The van der Waals surface area contributed by atoms with Gasteiger partial charge in [0.25, 0.3) is 5.56 Å². The van der Waals surface area contributed by atoms with E-state index in [0.29, 0.717) is 5.92 Å². The van der Waals surface area contributed by atoms with Crippen LogP contribution >= 0.6 is 0 Å². The molecule has 1 unspecified atom stereocenters. The van der Waals surface area contributed by atoms with E-state index in [9.17, 15) is 4.79 Å². The first-order valence-corrected chi connectivity index (χ1v) is 4.60. The average molecular weight is 180 g/mol. The van der Waals surface area contributed by atoms with Crippen molar-refractivity contribution < 1.29 is 0 Å². The van der Waals surface area contributed by atoms with Crippen molar-refractivity contribution in [2.75, 3.05) is 0 Å². The number of aromatic nitrogens is 2. The molecule has 0 N–H and O–H groups in total. The van der Waals surface area contributed by atoms with Crippen LogP contribution in [-0.4, -0.2) is 9.55 Å². The molecule has 3 nitrogen and oxygen atoms in total. The minimum atomic E-state index is -0.133. The van der Waals surface area contributed by atoms with Crippen LogP contribution in [0.3, 0.4) is 0 Å². The van der Waals surface area contributed by atoms with Gasteiger partial charge in [-0.15, -0.1) is 0 Å². The molecule has 72 valence electrons. The van der Waals surface area contributed by atoms with Crippen molar-refractivity contribution in [3.05, 3.63) is 27.9 Å². The van der Waals surface area contributed by atoms with E-state index in [4.69, 9.17) is 0 Å².